The number of phenols is 1. The SMILES string of the molecule is CN(C)C1C(O)C(C(N)=O)C(=O)C2(O)C(=O)C3=C(O)c4c(O)ccc(Cl)c4C(O)C3CC12. The van der Waals surface area contributed by atoms with Crippen molar-refractivity contribution in [2.75, 3.05) is 14.1 Å². The number of benzene rings is 1. The van der Waals surface area contributed by atoms with Gasteiger partial charge in [-0.05, 0) is 32.6 Å². The summed E-state index contributed by atoms with van der Waals surface area (Å²) in [6.07, 6.45) is -3.26. The molecule has 0 aromatic heterocycles. The van der Waals surface area contributed by atoms with Gasteiger partial charge in [-0.3, -0.25) is 14.4 Å². The molecule has 0 bridgehead atoms. The number of Topliss-reactive ketones (excluding diaryl/α,β-unsaturated/α-hetero) is 2. The van der Waals surface area contributed by atoms with E-state index in [-0.39, 0.29) is 22.6 Å². The van der Waals surface area contributed by atoms with Crippen LogP contribution < -0.4 is 5.73 Å². The number of carbonyl (C=O) groups is 3. The maximum Gasteiger partial charge on any atom is 0.230 e. The van der Waals surface area contributed by atoms with Crippen molar-refractivity contribution in [3.05, 3.63) is 33.9 Å². The number of phenolic OH excluding ortho intramolecular Hbond substituents is 1. The minimum Gasteiger partial charge on any atom is -0.507 e. The summed E-state index contributed by atoms with van der Waals surface area (Å²) in [7, 11) is 3.08. The Bertz CT molecular complexity index is 1090. The van der Waals surface area contributed by atoms with Crippen LogP contribution in [0.4, 0.5) is 0 Å². The van der Waals surface area contributed by atoms with Gasteiger partial charge in [0.05, 0.1) is 17.8 Å². The van der Waals surface area contributed by atoms with Crippen LogP contribution >= 0.6 is 11.6 Å². The number of carbonyl (C=O) groups excluding carboxylic acids is 3. The van der Waals surface area contributed by atoms with Gasteiger partial charge in [0.2, 0.25) is 11.7 Å². The van der Waals surface area contributed by atoms with Gasteiger partial charge in [-0.15, -0.1) is 0 Å². The summed E-state index contributed by atoms with van der Waals surface area (Å²) in [5.41, 5.74) is 1.81. The summed E-state index contributed by atoms with van der Waals surface area (Å²) in [5, 5.41) is 54.5. The van der Waals surface area contributed by atoms with Gasteiger partial charge in [-0.1, -0.05) is 11.6 Å². The second kappa shape index (κ2) is 7.26. The van der Waals surface area contributed by atoms with Crippen molar-refractivity contribution in [3.63, 3.8) is 0 Å². The van der Waals surface area contributed by atoms with Gasteiger partial charge in [-0.2, -0.15) is 0 Å². The molecule has 7 unspecified atom stereocenters. The van der Waals surface area contributed by atoms with E-state index in [1.807, 2.05) is 0 Å². The zero-order chi connectivity index (χ0) is 23.9. The van der Waals surface area contributed by atoms with E-state index < -0.39 is 76.2 Å². The molecule has 172 valence electrons. The Morgan fingerprint density at radius 3 is 2.41 bits per heavy atom. The molecule has 0 aliphatic heterocycles. The van der Waals surface area contributed by atoms with Crippen LogP contribution in [0, 0.1) is 17.8 Å². The lowest BCUT2D eigenvalue weighted by Crippen LogP contribution is -2.73. The minimum atomic E-state index is -2.78. The van der Waals surface area contributed by atoms with Gasteiger partial charge in [0.1, 0.15) is 17.4 Å². The summed E-state index contributed by atoms with van der Waals surface area (Å²) < 4.78 is 0. The lowest BCUT2D eigenvalue weighted by molar-refractivity contribution is -0.185. The van der Waals surface area contributed by atoms with Crippen molar-refractivity contribution in [1.29, 1.82) is 0 Å². The number of hydrogen-bond acceptors (Lipinski definition) is 9. The average molecular weight is 467 g/mol. The Morgan fingerprint density at radius 1 is 1.22 bits per heavy atom. The quantitative estimate of drug-likeness (QED) is 0.306. The highest BCUT2D eigenvalue weighted by atomic mass is 35.5. The van der Waals surface area contributed by atoms with Crippen molar-refractivity contribution in [2.45, 2.75) is 30.3 Å². The fourth-order valence-electron chi connectivity index (χ4n) is 5.60. The van der Waals surface area contributed by atoms with Crippen molar-refractivity contribution >= 4 is 34.8 Å². The first-order chi connectivity index (χ1) is 14.8. The Morgan fingerprint density at radius 2 is 1.84 bits per heavy atom. The van der Waals surface area contributed by atoms with E-state index in [1.165, 1.54) is 31.1 Å². The van der Waals surface area contributed by atoms with E-state index in [9.17, 15) is 39.9 Å². The molecule has 2 saturated carbocycles. The molecular formula is C21H23ClN2O8. The third kappa shape index (κ3) is 2.70. The van der Waals surface area contributed by atoms with Crippen molar-refractivity contribution in [2.24, 2.45) is 23.5 Å². The highest BCUT2D eigenvalue weighted by Gasteiger charge is 2.68. The van der Waals surface area contributed by atoms with Crippen molar-refractivity contribution in [1.82, 2.24) is 4.90 Å². The minimum absolute atomic E-state index is 0.00950. The normalized spacial score (nSPS) is 36.6. The van der Waals surface area contributed by atoms with Gasteiger partial charge >= 0.3 is 0 Å². The molecule has 3 aliphatic carbocycles. The molecule has 3 aliphatic rings. The van der Waals surface area contributed by atoms with Gasteiger partial charge in [-0.25, -0.2) is 0 Å². The third-order valence-electron chi connectivity index (χ3n) is 7.01. The summed E-state index contributed by atoms with van der Waals surface area (Å²) in [5.74, 6) is -9.02. The Hall–Kier alpha value is -2.50. The predicted octanol–water partition coefficient (Wildman–Crippen LogP) is -0.727. The lowest BCUT2D eigenvalue weighted by atomic mass is 9.54. The van der Waals surface area contributed by atoms with Crippen LogP contribution in [0.1, 0.15) is 23.7 Å². The molecule has 0 heterocycles. The molecule has 10 nitrogen and oxygen atoms in total. The molecule has 2 fully saturated rings. The highest BCUT2D eigenvalue weighted by Crippen LogP contribution is 2.56. The van der Waals surface area contributed by atoms with Crippen LogP contribution in [-0.2, 0) is 14.4 Å². The largest absolute Gasteiger partial charge is 0.507 e. The van der Waals surface area contributed by atoms with Crippen molar-refractivity contribution < 1.29 is 39.9 Å². The number of likely N-dealkylation sites (N-methyl/N-ethyl adjacent to an activating group) is 1. The van der Waals surface area contributed by atoms with E-state index >= 15 is 0 Å². The molecule has 7 N–H and O–H groups in total. The maximum absolute atomic E-state index is 13.6. The molecule has 32 heavy (non-hydrogen) atoms. The molecule has 1 aromatic rings. The first kappa shape index (κ1) is 22.7. The first-order valence-electron chi connectivity index (χ1n) is 9.93. The summed E-state index contributed by atoms with van der Waals surface area (Å²) in [6, 6.07) is 1.45. The van der Waals surface area contributed by atoms with Crippen LogP contribution in [0.25, 0.3) is 5.76 Å². The number of nitrogens with two attached hydrogens (primary N) is 1. The average Bonchev–Trinajstić information content (AvgIpc) is 2.69. The van der Waals surface area contributed by atoms with Crippen LogP contribution in [0.5, 0.6) is 5.75 Å². The van der Waals surface area contributed by atoms with E-state index in [2.05, 4.69) is 0 Å². The van der Waals surface area contributed by atoms with E-state index in [0.717, 1.165) is 0 Å². The number of halogens is 1. The van der Waals surface area contributed by atoms with E-state index in [4.69, 9.17) is 17.3 Å². The number of aliphatic hydroxyl groups excluding tert-OH is 3. The number of aliphatic hydroxyl groups is 4. The molecule has 1 aromatic carbocycles. The molecule has 0 radical (unpaired) electrons. The maximum atomic E-state index is 13.6. The Labute approximate surface area is 187 Å². The standard InChI is InChI=1S/C21H23ClN2O8/c1-24(2)14-7-5-6-10(16(27)12-9(25)4-3-8(22)11(12)15(6)26)18(29)21(7,32)19(30)13(17(14)28)20(23)31/h3-4,6-7,13-15,17,25-28,32H,5H2,1-2H3,(H2,23,31). The first-order valence-corrected chi connectivity index (χ1v) is 10.3. The second-order valence-corrected chi connectivity index (χ2v) is 9.20. The monoisotopic (exact) mass is 466 g/mol. The van der Waals surface area contributed by atoms with Gasteiger partial charge < -0.3 is 36.2 Å². The lowest BCUT2D eigenvalue weighted by Gasteiger charge is -2.54. The molecule has 7 atom stereocenters. The van der Waals surface area contributed by atoms with Gasteiger partial charge in [0, 0.05) is 34.0 Å². The highest BCUT2D eigenvalue weighted by molar-refractivity contribution is 6.32. The van der Waals surface area contributed by atoms with E-state index in [1.54, 1.807) is 0 Å². The summed E-state index contributed by atoms with van der Waals surface area (Å²) in [4.78, 5) is 40.1. The zero-order valence-electron chi connectivity index (χ0n) is 17.2. The topological polar surface area (TPSA) is 182 Å². The van der Waals surface area contributed by atoms with Gasteiger partial charge in [0.15, 0.2) is 11.4 Å². The van der Waals surface area contributed by atoms with Crippen LogP contribution in [0.3, 0.4) is 0 Å². The van der Waals surface area contributed by atoms with Gasteiger partial charge in [0.25, 0.3) is 0 Å². The number of amides is 1. The molecule has 1 amide bonds. The Balaban J connectivity index is 1.97. The zero-order valence-corrected chi connectivity index (χ0v) is 17.9. The smallest absolute Gasteiger partial charge is 0.230 e. The molecule has 4 rings (SSSR count). The van der Waals surface area contributed by atoms with Crippen LogP contribution in [0.2, 0.25) is 5.02 Å². The molecule has 0 saturated heterocycles. The molecule has 0 spiro atoms. The van der Waals surface area contributed by atoms with Crippen LogP contribution in [-0.4, -0.2) is 79.7 Å². The predicted molar refractivity (Wildman–Crippen MR) is 110 cm³/mol. The number of ketones is 2. The molecule has 11 heteroatoms. The number of primary amides is 1. The number of rotatable bonds is 2. The fourth-order valence-corrected chi connectivity index (χ4v) is 5.87. The number of fused-ring (bicyclic) bond motifs is 3. The summed E-state index contributed by atoms with van der Waals surface area (Å²) in [6.45, 7) is 0. The fraction of sp³-hybridized carbons (Fsp3) is 0.476. The Kier molecular flexibility index (Phi) is 5.14. The third-order valence-corrected chi connectivity index (χ3v) is 7.34. The van der Waals surface area contributed by atoms with Crippen LogP contribution in [0.15, 0.2) is 17.7 Å². The number of aromatic hydroxyl groups is 1. The number of hydrogen-bond donors (Lipinski definition) is 6. The van der Waals surface area contributed by atoms with E-state index in [0.29, 0.717) is 0 Å². The molecular weight excluding hydrogens is 444 g/mol. The second-order valence-electron chi connectivity index (χ2n) is 8.80. The van der Waals surface area contributed by atoms with Crippen molar-refractivity contribution in [3.8, 4) is 5.75 Å². The summed E-state index contributed by atoms with van der Waals surface area (Å²) >= 11 is 6.19. The number of nitrogens with zero attached hydrogens (tertiary/aromatic N) is 1.